The van der Waals surface area contributed by atoms with Crippen molar-refractivity contribution in [2.45, 2.75) is 19.3 Å². The summed E-state index contributed by atoms with van der Waals surface area (Å²) in [6.45, 7) is 0.896. The normalized spacial score (nSPS) is 14.4. The molecule has 0 aromatic heterocycles. The van der Waals surface area contributed by atoms with Gasteiger partial charge in [0.05, 0.1) is 16.9 Å². The Kier molecular flexibility index (Phi) is 3.52. The Morgan fingerprint density at radius 2 is 1.90 bits per heavy atom. The summed E-state index contributed by atoms with van der Waals surface area (Å²) in [7, 11) is 0. The highest BCUT2D eigenvalue weighted by molar-refractivity contribution is 5.91. The van der Waals surface area contributed by atoms with Gasteiger partial charge >= 0.3 is 5.97 Å². The lowest BCUT2D eigenvalue weighted by Crippen LogP contribution is -2.19. The van der Waals surface area contributed by atoms with Gasteiger partial charge in [0.15, 0.2) is 0 Å². The molecule has 0 saturated heterocycles. The largest absolute Gasteiger partial charge is 0.478 e. The van der Waals surface area contributed by atoms with Gasteiger partial charge in [0.2, 0.25) is 0 Å². The van der Waals surface area contributed by atoms with Crippen LogP contribution in [-0.2, 0) is 6.42 Å². The summed E-state index contributed by atoms with van der Waals surface area (Å²) in [4.78, 5) is 13.2. The van der Waals surface area contributed by atoms with Gasteiger partial charge in [-0.25, -0.2) is 4.79 Å². The molecule has 0 bridgehead atoms. The molecule has 0 spiro atoms. The first-order chi connectivity index (χ1) is 10.2. The molecule has 2 aromatic carbocycles. The summed E-state index contributed by atoms with van der Waals surface area (Å²) >= 11 is 0. The van der Waals surface area contributed by atoms with Crippen molar-refractivity contribution < 1.29 is 9.90 Å². The number of benzene rings is 2. The van der Waals surface area contributed by atoms with E-state index in [2.05, 4.69) is 23.1 Å². The number of carboxylic acids is 1. The average Bonchev–Trinajstić information content (AvgIpc) is 2.69. The number of anilines is 3. The summed E-state index contributed by atoms with van der Waals surface area (Å²) in [5.74, 6) is -0.954. The zero-order valence-corrected chi connectivity index (χ0v) is 11.7. The Balaban J connectivity index is 2.06. The fraction of sp³-hybridized carbons (Fsp3) is 0.235. The zero-order chi connectivity index (χ0) is 14.8. The number of para-hydroxylation sites is 1. The minimum absolute atomic E-state index is 0.222. The van der Waals surface area contributed by atoms with E-state index in [0.29, 0.717) is 5.69 Å². The van der Waals surface area contributed by atoms with Crippen LogP contribution in [0.3, 0.4) is 0 Å². The Hall–Kier alpha value is -2.49. The fourth-order valence-electron chi connectivity index (χ4n) is 2.87. The Bertz CT molecular complexity index is 682. The van der Waals surface area contributed by atoms with E-state index in [9.17, 15) is 4.79 Å². The second-order valence-corrected chi connectivity index (χ2v) is 5.32. The fourth-order valence-corrected chi connectivity index (χ4v) is 2.87. The summed E-state index contributed by atoms with van der Waals surface area (Å²) in [6.07, 6.45) is 3.31. The van der Waals surface area contributed by atoms with Crippen LogP contribution in [0.1, 0.15) is 28.8 Å². The third-order valence-electron chi connectivity index (χ3n) is 3.93. The van der Waals surface area contributed by atoms with Crippen LogP contribution < -0.4 is 10.6 Å². The number of carboxylic acid groups (broad SMARTS) is 1. The molecule has 2 aromatic rings. The van der Waals surface area contributed by atoms with E-state index < -0.39 is 5.97 Å². The number of nitrogen functional groups attached to an aromatic ring is 1. The lowest BCUT2D eigenvalue weighted by molar-refractivity contribution is 0.0697. The lowest BCUT2D eigenvalue weighted by atomic mass is 10.1. The smallest absolute Gasteiger partial charge is 0.335 e. The van der Waals surface area contributed by atoms with Crippen molar-refractivity contribution >= 4 is 23.0 Å². The number of fused-ring (bicyclic) bond motifs is 1. The molecule has 4 heteroatoms. The Morgan fingerprint density at radius 1 is 1.10 bits per heavy atom. The molecular weight excluding hydrogens is 264 g/mol. The molecule has 1 aliphatic rings. The van der Waals surface area contributed by atoms with Crippen molar-refractivity contribution in [3.63, 3.8) is 0 Å². The molecule has 0 unspecified atom stereocenters. The van der Waals surface area contributed by atoms with Crippen molar-refractivity contribution in [1.29, 1.82) is 0 Å². The van der Waals surface area contributed by atoms with Crippen LogP contribution in [0.25, 0.3) is 0 Å². The van der Waals surface area contributed by atoms with Gasteiger partial charge in [0, 0.05) is 12.2 Å². The molecular formula is C17H18N2O2. The van der Waals surface area contributed by atoms with Crippen molar-refractivity contribution in [2.24, 2.45) is 0 Å². The van der Waals surface area contributed by atoms with Gasteiger partial charge in [-0.15, -0.1) is 0 Å². The summed E-state index contributed by atoms with van der Waals surface area (Å²) in [6, 6.07) is 13.3. The second-order valence-electron chi connectivity index (χ2n) is 5.32. The van der Waals surface area contributed by atoms with E-state index in [-0.39, 0.29) is 5.56 Å². The monoisotopic (exact) mass is 282 g/mol. The van der Waals surface area contributed by atoms with Gasteiger partial charge in [-0.3, -0.25) is 0 Å². The number of hydrogen-bond acceptors (Lipinski definition) is 3. The van der Waals surface area contributed by atoms with Gasteiger partial charge in [-0.2, -0.15) is 0 Å². The highest BCUT2D eigenvalue weighted by atomic mass is 16.4. The SMILES string of the molecule is Nc1cc(C(=O)O)ccc1N1CCCCc2ccccc21. The third-order valence-corrected chi connectivity index (χ3v) is 3.93. The number of nitrogens with two attached hydrogens (primary N) is 1. The van der Waals surface area contributed by atoms with E-state index in [1.54, 1.807) is 12.1 Å². The number of carbonyl (C=O) groups is 1. The van der Waals surface area contributed by atoms with Crippen molar-refractivity contribution in [3.05, 3.63) is 53.6 Å². The topological polar surface area (TPSA) is 66.6 Å². The maximum absolute atomic E-state index is 11.0. The first-order valence-electron chi connectivity index (χ1n) is 7.15. The third kappa shape index (κ3) is 2.57. The maximum atomic E-state index is 11.0. The van der Waals surface area contributed by atoms with Crippen LogP contribution in [0.5, 0.6) is 0 Å². The quantitative estimate of drug-likeness (QED) is 0.828. The van der Waals surface area contributed by atoms with E-state index in [4.69, 9.17) is 10.8 Å². The molecule has 0 atom stereocenters. The highest BCUT2D eigenvalue weighted by Gasteiger charge is 2.18. The van der Waals surface area contributed by atoms with Crippen molar-refractivity contribution in [3.8, 4) is 0 Å². The molecule has 3 N–H and O–H groups in total. The van der Waals surface area contributed by atoms with Crippen molar-refractivity contribution in [2.75, 3.05) is 17.2 Å². The van der Waals surface area contributed by atoms with Crippen LogP contribution in [-0.4, -0.2) is 17.6 Å². The Morgan fingerprint density at radius 3 is 2.67 bits per heavy atom. The van der Waals surface area contributed by atoms with Crippen LogP contribution in [0, 0.1) is 0 Å². The molecule has 0 fully saturated rings. The number of nitrogens with zero attached hydrogens (tertiary/aromatic N) is 1. The van der Waals surface area contributed by atoms with Crippen LogP contribution in [0.4, 0.5) is 17.1 Å². The summed E-state index contributed by atoms with van der Waals surface area (Å²) < 4.78 is 0. The van der Waals surface area contributed by atoms with E-state index in [1.165, 1.54) is 17.3 Å². The standard InChI is InChI=1S/C17H18N2O2/c18-14-11-13(17(20)21)8-9-16(14)19-10-4-3-6-12-5-1-2-7-15(12)19/h1-2,5,7-9,11H,3-4,6,10,18H2,(H,20,21). The number of hydrogen-bond donors (Lipinski definition) is 2. The summed E-state index contributed by atoms with van der Waals surface area (Å²) in [5, 5.41) is 9.04. The van der Waals surface area contributed by atoms with E-state index >= 15 is 0 Å². The first-order valence-corrected chi connectivity index (χ1v) is 7.15. The molecule has 0 aliphatic carbocycles. The van der Waals surface area contributed by atoms with Gasteiger partial charge in [-0.05, 0) is 49.1 Å². The first kappa shape index (κ1) is 13.5. The van der Waals surface area contributed by atoms with Gasteiger partial charge in [-0.1, -0.05) is 18.2 Å². The molecule has 0 radical (unpaired) electrons. The molecule has 1 aliphatic heterocycles. The molecule has 3 rings (SSSR count). The number of rotatable bonds is 2. The molecule has 108 valence electrons. The minimum Gasteiger partial charge on any atom is -0.478 e. The second kappa shape index (κ2) is 5.48. The molecule has 0 saturated carbocycles. The van der Waals surface area contributed by atoms with E-state index in [1.807, 2.05) is 6.07 Å². The average molecular weight is 282 g/mol. The van der Waals surface area contributed by atoms with E-state index in [0.717, 1.165) is 31.5 Å². The van der Waals surface area contributed by atoms with Gasteiger partial charge in [0.25, 0.3) is 0 Å². The molecule has 4 nitrogen and oxygen atoms in total. The highest BCUT2D eigenvalue weighted by Crippen LogP contribution is 2.35. The van der Waals surface area contributed by atoms with Crippen LogP contribution in [0.15, 0.2) is 42.5 Å². The number of aryl methyl sites for hydroxylation is 1. The Labute approximate surface area is 123 Å². The lowest BCUT2D eigenvalue weighted by Gasteiger charge is -2.26. The maximum Gasteiger partial charge on any atom is 0.335 e. The van der Waals surface area contributed by atoms with Gasteiger partial charge < -0.3 is 15.7 Å². The molecule has 21 heavy (non-hydrogen) atoms. The molecule has 1 heterocycles. The predicted molar refractivity (Wildman–Crippen MR) is 84.2 cm³/mol. The van der Waals surface area contributed by atoms with Crippen LogP contribution in [0.2, 0.25) is 0 Å². The summed E-state index contributed by atoms with van der Waals surface area (Å²) in [5.41, 5.74) is 10.2. The van der Waals surface area contributed by atoms with Gasteiger partial charge in [0.1, 0.15) is 0 Å². The zero-order valence-electron chi connectivity index (χ0n) is 11.7. The predicted octanol–water partition coefficient (Wildman–Crippen LogP) is 3.44. The van der Waals surface area contributed by atoms with Crippen LogP contribution >= 0.6 is 0 Å². The van der Waals surface area contributed by atoms with Crippen molar-refractivity contribution in [1.82, 2.24) is 0 Å². The number of aromatic carboxylic acids is 1. The minimum atomic E-state index is -0.954. The molecule has 0 amide bonds.